The molecule has 0 unspecified atom stereocenters. The van der Waals surface area contributed by atoms with Gasteiger partial charge in [0.05, 0.1) is 6.20 Å². The molecule has 0 saturated heterocycles. The first-order valence-corrected chi connectivity index (χ1v) is 7.47. The summed E-state index contributed by atoms with van der Waals surface area (Å²) in [5.41, 5.74) is 2.94. The number of hydrogen-bond donors (Lipinski definition) is 1. The molecule has 0 spiro atoms. The van der Waals surface area contributed by atoms with Crippen LogP contribution in [0.4, 0.5) is 0 Å². The van der Waals surface area contributed by atoms with Crippen molar-refractivity contribution < 1.29 is 0 Å². The first-order chi connectivity index (χ1) is 8.72. The third-order valence-corrected chi connectivity index (χ3v) is 3.58. The average Bonchev–Trinajstić information content (AvgIpc) is 3.09. The highest BCUT2D eigenvalue weighted by Crippen LogP contribution is 2.41. The zero-order chi connectivity index (χ0) is 13.0. The molecule has 1 aromatic rings. The summed E-state index contributed by atoms with van der Waals surface area (Å²) in [6, 6.07) is 0. The van der Waals surface area contributed by atoms with Crippen LogP contribution >= 0.6 is 0 Å². The van der Waals surface area contributed by atoms with Crippen LogP contribution in [0.2, 0.25) is 0 Å². The van der Waals surface area contributed by atoms with Crippen LogP contribution in [-0.4, -0.2) is 16.3 Å². The Morgan fingerprint density at radius 3 is 2.83 bits per heavy atom. The van der Waals surface area contributed by atoms with E-state index in [1.807, 2.05) is 0 Å². The third-order valence-electron chi connectivity index (χ3n) is 3.58. The molecule has 0 radical (unpaired) electrons. The average molecular weight is 249 g/mol. The molecule has 1 saturated carbocycles. The van der Waals surface area contributed by atoms with Crippen molar-refractivity contribution >= 4 is 0 Å². The second-order valence-electron chi connectivity index (χ2n) is 5.91. The highest BCUT2D eigenvalue weighted by atomic mass is 15.3. The molecule has 0 aromatic carbocycles. The Bertz CT molecular complexity index is 364. The fraction of sp³-hybridized carbons (Fsp3) is 0.800. The Morgan fingerprint density at radius 1 is 1.44 bits per heavy atom. The van der Waals surface area contributed by atoms with Crippen LogP contribution < -0.4 is 5.32 Å². The van der Waals surface area contributed by atoms with Crippen molar-refractivity contribution in [3.8, 4) is 0 Å². The second-order valence-corrected chi connectivity index (χ2v) is 5.91. The van der Waals surface area contributed by atoms with Crippen molar-refractivity contribution in [1.29, 1.82) is 0 Å². The predicted octanol–water partition coefficient (Wildman–Crippen LogP) is 3.31. The molecular formula is C15H27N3. The molecule has 0 atom stereocenters. The Balaban J connectivity index is 2.00. The minimum absolute atomic E-state index is 0.753. The summed E-state index contributed by atoms with van der Waals surface area (Å²) in [5, 5.41) is 8.10. The molecule has 1 heterocycles. The molecule has 1 N–H and O–H groups in total. The normalized spacial score (nSPS) is 15.6. The Kier molecular flexibility index (Phi) is 4.81. The van der Waals surface area contributed by atoms with Gasteiger partial charge < -0.3 is 5.32 Å². The van der Waals surface area contributed by atoms with E-state index in [4.69, 9.17) is 0 Å². The fourth-order valence-electron chi connectivity index (χ4n) is 2.36. The van der Waals surface area contributed by atoms with Crippen LogP contribution in [0.25, 0.3) is 0 Å². The summed E-state index contributed by atoms with van der Waals surface area (Å²) < 4.78 is 2.26. The van der Waals surface area contributed by atoms with Crippen LogP contribution in [0.5, 0.6) is 0 Å². The van der Waals surface area contributed by atoms with Crippen molar-refractivity contribution in [3.63, 3.8) is 0 Å². The summed E-state index contributed by atoms with van der Waals surface area (Å²) in [6.45, 7) is 9.94. The highest BCUT2D eigenvalue weighted by molar-refractivity contribution is 5.25. The molecule has 0 amide bonds. The van der Waals surface area contributed by atoms with Crippen molar-refractivity contribution in [3.05, 3.63) is 17.5 Å². The second kappa shape index (κ2) is 6.37. The van der Waals surface area contributed by atoms with Gasteiger partial charge in [-0.05, 0) is 38.1 Å². The molecule has 3 nitrogen and oxygen atoms in total. The quantitative estimate of drug-likeness (QED) is 0.716. The van der Waals surface area contributed by atoms with E-state index in [9.17, 15) is 0 Å². The molecule has 3 heteroatoms. The molecular weight excluding hydrogens is 222 g/mol. The maximum absolute atomic E-state index is 4.60. The largest absolute Gasteiger partial charge is 0.313 e. The summed E-state index contributed by atoms with van der Waals surface area (Å²) in [4.78, 5) is 0. The van der Waals surface area contributed by atoms with E-state index < -0.39 is 0 Å². The highest BCUT2D eigenvalue weighted by Gasteiger charge is 2.29. The number of nitrogens with one attached hydrogen (secondary N) is 1. The summed E-state index contributed by atoms with van der Waals surface area (Å²) >= 11 is 0. The number of nitrogens with zero attached hydrogens (tertiary/aromatic N) is 2. The zero-order valence-corrected chi connectivity index (χ0v) is 12.1. The van der Waals surface area contributed by atoms with Gasteiger partial charge in [-0.15, -0.1) is 0 Å². The fourth-order valence-corrected chi connectivity index (χ4v) is 2.36. The van der Waals surface area contributed by atoms with E-state index in [0.717, 1.165) is 31.5 Å². The summed E-state index contributed by atoms with van der Waals surface area (Å²) in [7, 11) is 0. The molecule has 1 aliphatic rings. The maximum Gasteiger partial charge on any atom is 0.0537 e. The van der Waals surface area contributed by atoms with Crippen LogP contribution in [0.15, 0.2) is 6.20 Å². The predicted molar refractivity (Wildman–Crippen MR) is 75.7 cm³/mol. The van der Waals surface area contributed by atoms with Crippen molar-refractivity contribution in [1.82, 2.24) is 15.1 Å². The van der Waals surface area contributed by atoms with E-state index in [1.165, 1.54) is 36.9 Å². The zero-order valence-electron chi connectivity index (χ0n) is 12.1. The Hall–Kier alpha value is -0.830. The molecule has 1 aliphatic carbocycles. The van der Waals surface area contributed by atoms with Gasteiger partial charge in [-0.3, -0.25) is 4.68 Å². The van der Waals surface area contributed by atoms with Crippen LogP contribution in [0.3, 0.4) is 0 Å². The molecule has 1 fully saturated rings. The van der Waals surface area contributed by atoms with Gasteiger partial charge in [-0.1, -0.05) is 20.8 Å². The van der Waals surface area contributed by atoms with Crippen LogP contribution in [0.1, 0.15) is 63.6 Å². The van der Waals surface area contributed by atoms with E-state index >= 15 is 0 Å². The molecule has 2 rings (SSSR count). The number of hydrogen-bond acceptors (Lipinski definition) is 2. The minimum Gasteiger partial charge on any atom is -0.313 e. The Labute approximate surface area is 111 Å². The van der Waals surface area contributed by atoms with Crippen molar-refractivity contribution in [2.45, 2.75) is 65.5 Å². The van der Waals surface area contributed by atoms with Gasteiger partial charge in [0, 0.05) is 30.3 Å². The first-order valence-electron chi connectivity index (χ1n) is 7.47. The van der Waals surface area contributed by atoms with Gasteiger partial charge in [0.1, 0.15) is 0 Å². The third kappa shape index (κ3) is 3.58. The molecule has 0 aliphatic heterocycles. The van der Waals surface area contributed by atoms with Gasteiger partial charge in [0.15, 0.2) is 0 Å². The molecule has 18 heavy (non-hydrogen) atoms. The lowest BCUT2D eigenvalue weighted by molar-refractivity contribution is 0.475. The van der Waals surface area contributed by atoms with E-state index in [0.29, 0.717) is 0 Å². The Morgan fingerprint density at radius 2 is 2.22 bits per heavy atom. The maximum atomic E-state index is 4.60. The number of aryl methyl sites for hydroxylation is 1. The van der Waals surface area contributed by atoms with Crippen LogP contribution in [0, 0.1) is 5.92 Å². The molecule has 102 valence electrons. The SMILES string of the molecule is CCCNCc1cnn(CCC(C)C)c1C1CC1. The smallest absolute Gasteiger partial charge is 0.0537 e. The van der Waals surface area contributed by atoms with E-state index in [2.05, 4.69) is 42.1 Å². The molecule has 1 aromatic heterocycles. The monoisotopic (exact) mass is 249 g/mol. The summed E-state index contributed by atoms with van der Waals surface area (Å²) in [5.74, 6) is 1.54. The lowest BCUT2D eigenvalue weighted by Gasteiger charge is -2.10. The van der Waals surface area contributed by atoms with Crippen molar-refractivity contribution in [2.24, 2.45) is 5.92 Å². The van der Waals surface area contributed by atoms with Crippen molar-refractivity contribution in [2.75, 3.05) is 6.54 Å². The van der Waals surface area contributed by atoms with Gasteiger partial charge in [-0.25, -0.2) is 0 Å². The lowest BCUT2D eigenvalue weighted by atomic mass is 10.1. The summed E-state index contributed by atoms with van der Waals surface area (Å²) in [6.07, 6.45) is 7.21. The number of aromatic nitrogens is 2. The van der Waals surface area contributed by atoms with Crippen LogP contribution in [-0.2, 0) is 13.1 Å². The standard InChI is InChI=1S/C15H27N3/c1-4-8-16-10-14-11-17-18(9-7-12(2)3)15(14)13-5-6-13/h11-13,16H,4-10H2,1-3H3. The number of rotatable bonds is 8. The first kappa shape index (κ1) is 13.6. The minimum atomic E-state index is 0.753. The topological polar surface area (TPSA) is 29.9 Å². The van der Waals surface area contributed by atoms with Gasteiger partial charge in [0.25, 0.3) is 0 Å². The van der Waals surface area contributed by atoms with E-state index in [-0.39, 0.29) is 0 Å². The van der Waals surface area contributed by atoms with Gasteiger partial charge >= 0.3 is 0 Å². The van der Waals surface area contributed by atoms with E-state index in [1.54, 1.807) is 0 Å². The lowest BCUT2D eigenvalue weighted by Crippen LogP contribution is -2.15. The van der Waals surface area contributed by atoms with Gasteiger partial charge in [-0.2, -0.15) is 5.10 Å². The molecule has 0 bridgehead atoms. The van der Waals surface area contributed by atoms with Gasteiger partial charge in [0.2, 0.25) is 0 Å².